The van der Waals surface area contributed by atoms with Crippen LogP contribution in [-0.2, 0) is 13.1 Å². The molecule has 0 radical (unpaired) electrons. The van der Waals surface area contributed by atoms with Crippen LogP contribution < -0.4 is 16.0 Å². The van der Waals surface area contributed by atoms with Crippen molar-refractivity contribution in [2.75, 3.05) is 13.1 Å². The first kappa shape index (κ1) is 22.1. The second-order valence-corrected chi connectivity index (χ2v) is 8.36. The van der Waals surface area contributed by atoms with Gasteiger partial charge in [0.15, 0.2) is 5.96 Å². The highest BCUT2D eigenvalue weighted by Crippen LogP contribution is 2.24. The average molecular weight is 468 g/mol. The molecule has 4 rings (SSSR count). The number of halogens is 2. The Hall–Kier alpha value is -3.09. The third-order valence-electron chi connectivity index (χ3n) is 5.06. The lowest BCUT2D eigenvalue weighted by atomic mass is 9.99. The number of guanidine groups is 1. The van der Waals surface area contributed by atoms with Crippen LogP contribution in [-0.4, -0.2) is 29.9 Å². The fourth-order valence-electron chi connectivity index (χ4n) is 3.45. The number of nitrogens with one attached hydrogen (secondary N) is 3. The molecule has 0 unspecified atom stereocenters. The second-order valence-electron chi connectivity index (χ2n) is 7.55. The number of hydrogen-bond acceptors (Lipinski definition) is 5. The molecule has 8 heteroatoms. The van der Waals surface area contributed by atoms with E-state index in [1.165, 1.54) is 0 Å². The molecule has 1 aliphatic rings. The van der Waals surface area contributed by atoms with Gasteiger partial charge in [0.1, 0.15) is 0 Å². The van der Waals surface area contributed by atoms with Crippen LogP contribution in [0.3, 0.4) is 0 Å². The first-order chi connectivity index (χ1) is 15.5. The molecule has 0 spiro atoms. The molecule has 0 saturated heterocycles. The van der Waals surface area contributed by atoms with Gasteiger partial charge in [-0.25, -0.2) is 0 Å². The molecule has 164 valence electrons. The van der Waals surface area contributed by atoms with Gasteiger partial charge in [-0.3, -0.25) is 14.8 Å². The Morgan fingerprint density at radius 3 is 2.62 bits per heavy atom. The van der Waals surface area contributed by atoms with Crippen LogP contribution in [0.1, 0.15) is 27.2 Å². The predicted molar refractivity (Wildman–Crippen MR) is 129 cm³/mol. The van der Waals surface area contributed by atoms with Gasteiger partial charge in [0.05, 0.1) is 16.6 Å². The molecule has 1 amide bonds. The van der Waals surface area contributed by atoms with Crippen LogP contribution in [0.4, 0.5) is 0 Å². The molecule has 2 heterocycles. The van der Waals surface area contributed by atoms with Crippen molar-refractivity contribution >= 4 is 35.1 Å². The zero-order chi connectivity index (χ0) is 22.5. The number of aryl methyl sites for hydroxylation is 1. The van der Waals surface area contributed by atoms with Crippen molar-refractivity contribution in [1.82, 2.24) is 20.9 Å². The lowest BCUT2D eigenvalue weighted by Crippen LogP contribution is -2.33. The summed E-state index contributed by atoms with van der Waals surface area (Å²) in [6.07, 6.45) is 1.77. The number of aromatic nitrogens is 1. The molecule has 1 aromatic heterocycles. The monoisotopic (exact) mass is 467 g/mol. The van der Waals surface area contributed by atoms with E-state index in [0.717, 1.165) is 47.0 Å². The fourth-order valence-corrected chi connectivity index (χ4v) is 3.77. The van der Waals surface area contributed by atoms with E-state index in [-0.39, 0.29) is 5.91 Å². The largest absolute Gasteiger partial charge is 0.355 e. The summed E-state index contributed by atoms with van der Waals surface area (Å²) in [6.45, 7) is 4.45. The van der Waals surface area contributed by atoms with Gasteiger partial charge in [-0.05, 0) is 71.6 Å². The predicted octanol–water partition coefficient (Wildman–Crippen LogP) is 4.34. The molecule has 0 atom stereocenters. The molecule has 1 aliphatic heterocycles. The highest BCUT2D eigenvalue weighted by molar-refractivity contribution is 6.42. The van der Waals surface area contributed by atoms with Crippen molar-refractivity contribution in [3.8, 4) is 11.1 Å². The zero-order valence-corrected chi connectivity index (χ0v) is 19.1. The fraction of sp³-hybridized carbons (Fsp3) is 0.208. The van der Waals surface area contributed by atoms with Gasteiger partial charge in [0.25, 0.3) is 5.91 Å². The number of rotatable bonds is 6. The maximum atomic E-state index is 13.0. The number of amides is 1. The summed E-state index contributed by atoms with van der Waals surface area (Å²) in [6, 6.07) is 15.1. The van der Waals surface area contributed by atoms with Crippen LogP contribution in [0.15, 0.2) is 59.7 Å². The minimum absolute atomic E-state index is 0.165. The van der Waals surface area contributed by atoms with Crippen LogP contribution in [0, 0.1) is 6.92 Å². The van der Waals surface area contributed by atoms with E-state index >= 15 is 0 Å². The Balaban J connectivity index is 1.57. The first-order valence-electron chi connectivity index (χ1n) is 10.3. The molecule has 32 heavy (non-hydrogen) atoms. The van der Waals surface area contributed by atoms with Gasteiger partial charge in [0.2, 0.25) is 0 Å². The van der Waals surface area contributed by atoms with Crippen molar-refractivity contribution in [3.05, 3.63) is 87.2 Å². The van der Waals surface area contributed by atoms with Crippen LogP contribution in [0.25, 0.3) is 11.1 Å². The standard InChI is InChI=1S/C24H23Cl2N5O/c1-15-8-18(4-5-27-15)19-9-17(14-31-24-28-6-7-29-24)10-20(12-19)23(32)30-13-16-2-3-21(25)22(26)11-16/h2-5,8-12H,6-7,13-14H2,1H3,(H,30,32)(H2,28,29,31). The maximum Gasteiger partial charge on any atom is 0.251 e. The molecule has 6 nitrogen and oxygen atoms in total. The topological polar surface area (TPSA) is 78.4 Å². The molecule has 3 aromatic rings. The molecular formula is C24H23Cl2N5O. The Morgan fingerprint density at radius 1 is 1.00 bits per heavy atom. The number of carbonyl (C=O) groups is 1. The van der Waals surface area contributed by atoms with E-state index in [2.05, 4.69) is 32.0 Å². The first-order valence-corrected chi connectivity index (χ1v) is 11.0. The van der Waals surface area contributed by atoms with Crippen molar-refractivity contribution in [2.24, 2.45) is 4.99 Å². The van der Waals surface area contributed by atoms with Crippen molar-refractivity contribution in [3.63, 3.8) is 0 Å². The molecule has 0 aliphatic carbocycles. The molecule has 3 N–H and O–H groups in total. The highest BCUT2D eigenvalue weighted by Gasteiger charge is 2.12. The quantitative estimate of drug-likeness (QED) is 0.503. The summed E-state index contributed by atoms with van der Waals surface area (Å²) >= 11 is 12.1. The molecule has 2 aromatic carbocycles. The summed E-state index contributed by atoms with van der Waals surface area (Å²) in [5.74, 6) is 0.613. The molecule has 0 bridgehead atoms. The zero-order valence-electron chi connectivity index (χ0n) is 17.6. The van der Waals surface area contributed by atoms with Crippen molar-refractivity contribution in [1.29, 1.82) is 0 Å². The summed E-state index contributed by atoms with van der Waals surface area (Å²) in [5.41, 5.74) is 5.32. The van der Waals surface area contributed by atoms with Gasteiger partial charge in [0, 0.05) is 37.1 Å². The smallest absolute Gasteiger partial charge is 0.251 e. The summed E-state index contributed by atoms with van der Waals surface area (Å²) < 4.78 is 0. The second kappa shape index (κ2) is 10.0. The number of aliphatic imine (C=N–C) groups is 1. The number of carbonyl (C=O) groups excluding carboxylic acids is 1. The number of nitrogens with zero attached hydrogens (tertiary/aromatic N) is 2. The summed E-state index contributed by atoms with van der Waals surface area (Å²) in [5, 5.41) is 10.4. The summed E-state index contributed by atoms with van der Waals surface area (Å²) in [4.78, 5) is 21.6. The van der Waals surface area contributed by atoms with Crippen molar-refractivity contribution < 1.29 is 4.79 Å². The SMILES string of the molecule is Cc1cc(-c2cc(CNC3=NCCN3)cc(C(=O)NCc3ccc(Cl)c(Cl)c3)c2)ccn1. The van der Waals surface area contributed by atoms with Crippen molar-refractivity contribution in [2.45, 2.75) is 20.0 Å². The van der Waals surface area contributed by atoms with Crippen LogP contribution in [0.2, 0.25) is 10.0 Å². The lowest BCUT2D eigenvalue weighted by Gasteiger charge is -2.13. The normalized spacial score (nSPS) is 12.8. The van der Waals surface area contributed by atoms with E-state index < -0.39 is 0 Å². The van der Waals surface area contributed by atoms with E-state index in [9.17, 15) is 4.79 Å². The van der Waals surface area contributed by atoms with E-state index in [1.807, 2.05) is 37.3 Å². The number of hydrogen-bond donors (Lipinski definition) is 3. The van der Waals surface area contributed by atoms with E-state index in [4.69, 9.17) is 23.2 Å². The van der Waals surface area contributed by atoms with E-state index in [0.29, 0.717) is 28.7 Å². The highest BCUT2D eigenvalue weighted by atomic mass is 35.5. The third-order valence-corrected chi connectivity index (χ3v) is 5.80. The number of pyridine rings is 1. The average Bonchev–Trinajstić information content (AvgIpc) is 3.32. The number of benzene rings is 2. The molecule has 0 fully saturated rings. The van der Waals surface area contributed by atoms with Crippen LogP contribution >= 0.6 is 23.2 Å². The van der Waals surface area contributed by atoms with Crippen LogP contribution in [0.5, 0.6) is 0 Å². The lowest BCUT2D eigenvalue weighted by molar-refractivity contribution is 0.0951. The Bertz CT molecular complexity index is 1180. The maximum absolute atomic E-state index is 13.0. The Morgan fingerprint density at radius 2 is 1.88 bits per heavy atom. The van der Waals surface area contributed by atoms with Gasteiger partial charge < -0.3 is 16.0 Å². The van der Waals surface area contributed by atoms with E-state index in [1.54, 1.807) is 18.3 Å². The molecule has 0 saturated carbocycles. The minimum atomic E-state index is -0.165. The van der Waals surface area contributed by atoms with Gasteiger partial charge in [-0.1, -0.05) is 29.3 Å². The van der Waals surface area contributed by atoms with Gasteiger partial charge >= 0.3 is 0 Å². The Kier molecular flexibility index (Phi) is 6.93. The third kappa shape index (κ3) is 5.58. The summed E-state index contributed by atoms with van der Waals surface area (Å²) in [7, 11) is 0. The van der Waals surface area contributed by atoms with Gasteiger partial charge in [-0.15, -0.1) is 0 Å². The Labute approximate surface area is 197 Å². The molecular weight excluding hydrogens is 445 g/mol. The van der Waals surface area contributed by atoms with Gasteiger partial charge in [-0.2, -0.15) is 0 Å². The minimum Gasteiger partial charge on any atom is -0.355 e.